The third-order valence-corrected chi connectivity index (χ3v) is 4.05. The average Bonchev–Trinajstić information content (AvgIpc) is 2.67. The minimum Gasteiger partial charge on any atom is -0.488 e. The summed E-state index contributed by atoms with van der Waals surface area (Å²) in [5, 5.41) is 2.99. The number of ether oxygens (including phenoxy) is 1. The van der Waals surface area contributed by atoms with Crippen molar-refractivity contribution < 1.29 is 13.9 Å². The molecule has 0 saturated carbocycles. The summed E-state index contributed by atoms with van der Waals surface area (Å²) in [5.41, 5.74) is 1.10. The van der Waals surface area contributed by atoms with Crippen LogP contribution in [0.3, 0.4) is 0 Å². The Hall–Kier alpha value is -2.92. The molecule has 26 heavy (non-hydrogen) atoms. The predicted octanol–water partition coefficient (Wildman–Crippen LogP) is 4.42. The number of halogens is 2. The Kier molecular flexibility index (Phi) is 5.81. The van der Waals surface area contributed by atoms with Gasteiger partial charge in [-0.05, 0) is 29.8 Å². The normalized spacial score (nSPS) is 11.6. The van der Waals surface area contributed by atoms with E-state index in [9.17, 15) is 9.18 Å². The predicted molar refractivity (Wildman–Crippen MR) is 97.8 cm³/mol. The molecule has 0 aliphatic rings. The number of carbonyl (C=O) groups is 1. The molecule has 3 rings (SSSR count). The fraction of sp³-hybridized carbons (Fsp3) is 0.100. The Balaban J connectivity index is 1.79. The first-order valence-corrected chi connectivity index (χ1v) is 8.36. The summed E-state index contributed by atoms with van der Waals surface area (Å²) < 4.78 is 19.4. The van der Waals surface area contributed by atoms with Gasteiger partial charge in [0, 0.05) is 6.20 Å². The largest absolute Gasteiger partial charge is 0.488 e. The average molecular weight is 371 g/mol. The van der Waals surface area contributed by atoms with Crippen molar-refractivity contribution in [1.82, 2.24) is 10.3 Å². The lowest BCUT2D eigenvalue weighted by molar-refractivity contribution is 0.0920. The molecule has 0 saturated heterocycles. The zero-order valence-corrected chi connectivity index (χ0v) is 14.5. The molecule has 132 valence electrons. The second kappa shape index (κ2) is 8.45. The first-order valence-electron chi connectivity index (χ1n) is 7.99. The summed E-state index contributed by atoms with van der Waals surface area (Å²) >= 11 is 5.99. The molecule has 1 aromatic heterocycles. The Morgan fingerprint density at radius 2 is 1.81 bits per heavy atom. The number of hydrogen-bond donors (Lipinski definition) is 1. The molecule has 0 bridgehead atoms. The van der Waals surface area contributed by atoms with Crippen LogP contribution in [0.4, 0.5) is 4.39 Å². The van der Waals surface area contributed by atoms with Gasteiger partial charge in [-0.25, -0.2) is 9.37 Å². The van der Waals surface area contributed by atoms with Crippen molar-refractivity contribution in [3.05, 3.63) is 95.0 Å². The number of pyridine rings is 1. The molecule has 2 aromatic carbocycles. The molecule has 1 atom stereocenters. The van der Waals surface area contributed by atoms with Crippen molar-refractivity contribution in [3.63, 3.8) is 0 Å². The summed E-state index contributed by atoms with van der Waals surface area (Å²) in [7, 11) is 0. The van der Waals surface area contributed by atoms with E-state index in [0.717, 1.165) is 5.56 Å². The fourth-order valence-corrected chi connectivity index (χ4v) is 2.64. The van der Waals surface area contributed by atoms with Gasteiger partial charge in [0.15, 0.2) is 11.6 Å². The summed E-state index contributed by atoms with van der Waals surface area (Å²) in [6.07, 6.45) is 1.51. The van der Waals surface area contributed by atoms with Gasteiger partial charge in [0.25, 0.3) is 5.91 Å². The maximum Gasteiger partial charge on any atom is 0.255 e. The van der Waals surface area contributed by atoms with Crippen molar-refractivity contribution in [2.75, 3.05) is 6.61 Å². The van der Waals surface area contributed by atoms with Crippen LogP contribution in [0, 0.1) is 5.82 Å². The number of hydrogen-bond acceptors (Lipinski definition) is 3. The van der Waals surface area contributed by atoms with E-state index < -0.39 is 11.9 Å². The molecule has 0 aliphatic heterocycles. The Bertz CT molecular complexity index is 890. The van der Waals surface area contributed by atoms with Gasteiger partial charge in [-0.1, -0.05) is 54.1 Å². The van der Waals surface area contributed by atoms with Crippen LogP contribution in [0.25, 0.3) is 0 Å². The summed E-state index contributed by atoms with van der Waals surface area (Å²) in [6.45, 7) is 0.0641. The van der Waals surface area contributed by atoms with Gasteiger partial charge in [0.1, 0.15) is 11.8 Å². The molecule has 1 N–H and O–H groups in total. The maximum absolute atomic E-state index is 13.8. The standard InChI is InChI=1S/C20H16ClFN2O2/c21-19-15(9-6-12-23-19)20(25)24-17(14-7-2-1-3-8-14)13-26-18-11-5-4-10-16(18)22/h1-12,17H,13H2,(H,24,25). The highest BCUT2D eigenvalue weighted by Gasteiger charge is 2.19. The van der Waals surface area contributed by atoms with Gasteiger partial charge in [-0.15, -0.1) is 0 Å². The quantitative estimate of drug-likeness (QED) is 0.653. The lowest BCUT2D eigenvalue weighted by Gasteiger charge is -2.20. The first kappa shape index (κ1) is 17.9. The van der Waals surface area contributed by atoms with Crippen LogP contribution in [-0.2, 0) is 0 Å². The fourth-order valence-electron chi connectivity index (χ4n) is 2.43. The van der Waals surface area contributed by atoms with Crippen molar-refractivity contribution in [2.45, 2.75) is 6.04 Å². The number of benzene rings is 2. The highest BCUT2D eigenvalue weighted by atomic mass is 35.5. The Morgan fingerprint density at radius 3 is 2.54 bits per heavy atom. The Labute approximate surface area is 155 Å². The van der Waals surface area contributed by atoms with E-state index in [2.05, 4.69) is 10.3 Å². The zero-order chi connectivity index (χ0) is 18.4. The monoisotopic (exact) mass is 370 g/mol. The van der Waals surface area contributed by atoms with Gasteiger partial charge < -0.3 is 10.1 Å². The zero-order valence-electron chi connectivity index (χ0n) is 13.7. The second-order valence-electron chi connectivity index (χ2n) is 5.52. The van der Waals surface area contributed by atoms with E-state index >= 15 is 0 Å². The molecule has 1 heterocycles. The van der Waals surface area contributed by atoms with E-state index in [4.69, 9.17) is 16.3 Å². The van der Waals surface area contributed by atoms with E-state index in [-0.39, 0.29) is 29.0 Å². The topological polar surface area (TPSA) is 51.2 Å². The van der Waals surface area contributed by atoms with Crippen LogP contribution >= 0.6 is 11.6 Å². The number of amides is 1. The number of rotatable bonds is 6. The second-order valence-corrected chi connectivity index (χ2v) is 5.88. The molecule has 3 aromatic rings. The molecule has 1 unspecified atom stereocenters. The summed E-state index contributed by atoms with van der Waals surface area (Å²) in [6, 6.07) is 18.2. The third kappa shape index (κ3) is 4.37. The number of nitrogens with zero attached hydrogens (tertiary/aromatic N) is 1. The minimum absolute atomic E-state index is 0.0641. The van der Waals surface area contributed by atoms with Crippen LogP contribution in [0.5, 0.6) is 5.75 Å². The minimum atomic E-state index is -0.487. The molecule has 4 nitrogen and oxygen atoms in total. The van der Waals surface area contributed by atoms with E-state index in [1.54, 1.807) is 24.3 Å². The molecule has 0 radical (unpaired) electrons. The highest BCUT2D eigenvalue weighted by molar-refractivity contribution is 6.32. The van der Waals surface area contributed by atoms with Gasteiger partial charge >= 0.3 is 0 Å². The van der Waals surface area contributed by atoms with Crippen molar-refractivity contribution in [2.24, 2.45) is 0 Å². The maximum atomic E-state index is 13.8. The molecule has 0 fully saturated rings. The van der Waals surface area contributed by atoms with Gasteiger partial charge in [0.2, 0.25) is 0 Å². The number of nitrogens with one attached hydrogen (secondary N) is 1. The summed E-state index contributed by atoms with van der Waals surface area (Å²) in [4.78, 5) is 16.5. The van der Waals surface area contributed by atoms with E-state index in [1.165, 1.54) is 18.3 Å². The van der Waals surface area contributed by atoms with E-state index in [0.29, 0.717) is 0 Å². The number of aromatic nitrogens is 1. The SMILES string of the molecule is O=C(NC(COc1ccccc1F)c1ccccc1)c1cccnc1Cl. The molecule has 1 amide bonds. The third-order valence-electron chi connectivity index (χ3n) is 3.75. The smallest absolute Gasteiger partial charge is 0.255 e. The lowest BCUT2D eigenvalue weighted by Crippen LogP contribution is -2.32. The van der Waals surface area contributed by atoms with E-state index in [1.807, 2.05) is 30.3 Å². The highest BCUT2D eigenvalue weighted by Crippen LogP contribution is 2.20. The van der Waals surface area contributed by atoms with Crippen LogP contribution < -0.4 is 10.1 Å². The molecule has 0 spiro atoms. The number of carbonyl (C=O) groups excluding carboxylic acids is 1. The van der Waals surface area contributed by atoms with Gasteiger partial charge in [0.05, 0.1) is 11.6 Å². The van der Waals surface area contributed by atoms with Crippen molar-refractivity contribution >= 4 is 17.5 Å². The molecule has 0 aliphatic carbocycles. The van der Waals surface area contributed by atoms with Gasteiger partial charge in [-0.2, -0.15) is 0 Å². The first-order chi connectivity index (χ1) is 12.6. The summed E-state index contributed by atoms with van der Waals surface area (Å²) in [5.74, 6) is -0.711. The lowest BCUT2D eigenvalue weighted by atomic mass is 10.1. The molecular weight excluding hydrogens is 355 g/mol. The van der Waals surface area contributed by atoms with Crippen LogP contribution in [-0.4, -0.2) is 17.5 Å². The number of para-hydroxylation sites is 1. The van der Waals surface area contributed by atoms with Gasteiger partial charge in [-0.3, -0.25) is 4.79 Å². The molecular formula is C20H16ClFN2O2. The van der Waals surface area contributed by atoms with Crippen LogP contribution in [0.1, 0.15) is 22.0 Å². The van der Waals surface area contributed by atoms with Crippen molar-refractivity contribution in [3.8, 4) is 5.75 Å². The Morgan fingerprint density at radius 1 is 1.08 bits per heavy atom. The van der Waals surface area contributed by atoms with Crippen LogP contribution in [0.15, 0.2) is 72.9 Å². The van der Waals surface area contributed by atoms with Crippen LogP contribution in [0.2, 0.25) is 5.15 Å². The molecule has 6 heteroatoms. The van der Waals surface area contributed by atoms with Crippen molar-refractivity contribution in [1.29, 1.82) is 0 Å².